The summed E-state index contributed by atoms with van der Waals surface area (Å²) in [5.41, 5.74) is 2.44. The second kappa shape index (κ2) is 9.89. The van der Waals surface area contributed by atoms with Crippen LogP contribution in [0.4, 0.5) is 15.2 Å². The summed E-state index contributed by atoms with van der Waals surface area (Å²) in [6.07, 6.45) is 10.1. The first-order valence-corrected chi connectivity index (χ1v) is 11.5. The Morgan fingerprint density at radius 2 is 2.17 bits per heavy atom. The average molecular weight is 428 g/mol. The molecule has 1 aliphatic rings. The van der Waals surface area contributed by atoms with Gasteiger partial charge in [-0.1, -0.05) is 6.08 Å². The molecule has 29 heavy (non-hydrogen) atoms. The molecule has 0 atom stereocenters. The number of hydrogen-bond acceptors (Lipinski definition) is 6. The van der Waals surface area contributed by atoms with Crippen LogP contribution in [-0.4, -0.2) is 22.3 Å². The van der Waals surface area contributed by atoms with Crippen LogP contribution in [0.15, 0.2) is 59.1 Å². The molecule has 0 bridgehead atoms. The molecule has 0 fully saturated rings. The Kier molecular flexibility index (Phi) is 6.79. The molecule has 4 nitrogen and oxygen atoms in total. The van der Waals surface area contributed by atoms with Crippen molar-refractivity contribution in [2.45, 2.75) is 25.7 Å². The number of pyridine rings is 1. The number of thiazole rings is 1. The van der Waals surface area contributed by atoms with E-state index in [1.54, 1.807) is 18.5 Å². The van der Waals surface area contributed by atoms with Gasteiger partial charge < -0.3 is 10.1 Å². The van der Waals surface area contributed by atoms with Gasteiger partial charge in [0.1, 0.15) is 0 Å². The molecule has 0 aliphatic carbocycles. The smallest absolute Gasteiger partial charge is 0.187 e. The maximum atomic E-state index is 14.4. The molecule has 0 spiro atoms. The van der Waals surface area contributed by atoms with Crippen LogP contribution in [0.5, 0.6) is 5.75 Å². The van der Waals surface area contributed by atoms with E-state index in [1.165, 1.54) is 34.5 Å². The second-order valence-corrected chi connectivity index (χ2v) is 8.74. The molecule has 0 radical (unpaired) electrons. The number of allylic oxidation sites excluding steroid dienone is 2. The number of nitrogens with zero attached hydrogens (tertiary/aromatic N) is 2. The normalized spacial score (nSPS) is 13.3. The predicted molar refractivity (Wildman–Crippen MR) is 120 cm³/mol. The molecule has 3 aromatic rings. The van der Waals surface area contributed by atoms with E-state index in [9.17, 15) is 4.39 Å². The van der Waals surface area contributed by atoms with E-state index in [1.807, 2.05) is 35.3 Å². The molecular weight excluding hydrogens is 405 g/mol. The molecule has 2 aromatic heterocycles. The summed E-state index contributed by atoms with van der Waals surface area (Å²) in [4.78, 5) is 10.1. The van der Waals surface area contributed by atoms with Crippen molar-refractivity contribution < 1.29 is 9.13 Å². The third kappa shape index (κ3) is 5.58. The van der Waals surface area contributed by atoms with E-state index in [2.05, 4.69) is 21.4 Å². The van der Waals surface area contributed by atoms with Crippen LogP contribution in [0.25, 0.3) is 11.3 Å². The molecule has 150 valence electrons. The maximum absolute atomic E-state index is 14.4. The highest BCUT2D eigenvalue weighted by Gasteiger charge is 2.09. The summed E-state index contributed by atoms with van der Waals surface area (Å²) < 4.78 is 20.0. The van der Waals surface area contributed by atoms with Crippen molar-refractivity contribution in [2.24, 2.45) is 0 Å². The Hall–Kier alpha value is -2.38. The highest BCUT2D eigenvalue weighted by Crippen LogP contribution is 2.30. The van der Waals surface area contributed by atoms with E-state index >= 15 is 0 Å². The summed E-state index contributed by atoms with van der Waals surface area (Å²) in [6, 6.07) is 8.76. The minimum Gasteiger partial charge on any atom is -0.491 e. The predicted octanol–water partition coefficient (Wildman–Crippen LogP) is 6.66. The zero-order valence-electron chi connectivity index (χ0n) is 15.9. The Morgan fingerprint density at radius 1 is 1.21 bits per heavy atom. The first kappa shape index (κ1) is 19.9. The van der Waals surface area contributed by atoms with Crippen LogP contribution in [0, 0.1) is 5.82 Å². The number of halogens is 1. The number of ether oxygens (including phenoxy) is 1. The fraction of sp³-hybridized carbons (Fsp3) is 0.273. The van der Waals surface area contributed by atoms with Crippen molar-refractivity contribution in [1.29, 1.82) is 0 Å². The van der Waals surface area contributed by atoms with Crippen molar-refractivity contribution in [3.8, 4) is 17.0 Å². The summed E-state index contributed by atoms with van der Waals surface area (Å²) >= 11 is 3.42. The van der Waals surface area contributed by atoms with E-state index in [4.69, 9.17) is 4.74 Å². The van der Waals surface area contributed by atoms with Gasteiger partial charge in [-0.05, 0) is 54.9 Å². The van der Waals surface area contributed by atoms with Gasteiger partial charge in [-0.25, -0.2) is 9.37 Å². The van der Waals surface area contributed by atoms with Crippen molar-refractivity contribution >= 4 is 33.9 Å². The summed E-state index contributed by atoms with van der Waals surface area (Å²) in [7, 11) is 0. The number of unbranched alkanes of at least 4 members (excludes halogenated alkanes) is 1. The zero-order chi connectivity index (χ0) is 19.9. The van der Waals surface area contributed by atoms with Gasteiger partial charge in [-0.2, -0.15) is 0 Å². The monoisotopic (exact) mass is 427 g/mol. The zero-order valence-corrected chi connectivity index (χ0v) is 17.6. The van der Waals surface area contributed by atoms with E-state index in [0.29, 0.717) is 23.2 Å². The molecule has 0 amide bonds. The summed E-state index contributed by atoms with van der Waals surface area (Å²) in [5.74, 6) is 1.14. The lowest BCUT2D eigenvalue weighted by Crippen LogP contribution is -2.00. The van der Waals surface area contributed by atoms with Crippen molar-refractivity contribution in [3.05, 3.63) is 64.9 Å². The Bertz CT molecular complexity index is 975. The van der Waals surface area contributed by atoms with Crippen molar-refractivity contribution in [2.75, 3.05) is 17.7 Å². The lowest BCUT2D eigenvalue weighted by Gasteiger charge is -2.09. The summed E-state index contributed by atoms with van der Waals surface area (Å²) in [5, 5.41) is 5.81. The van der Waals surface area contributed by atoms with Gasteiger partial charge in [-0.3, -0.25) is 4.98 Å². The van der Waals surface area contributed by atoms with Crippen LogP contribution >= 0.6 is 23.1 Å². The van der Waals surface area contributed by atoms with Crippen LogP contribution in [0.2, 0.25) is 0 Å². The number of hydrogen-bond donors (Lipinski definition) is 1. The van der Waals surface area contributed by atoms with Gasteiger partial charge in [0.2, 0.25) is 0 Å². The van der Waals surface area contributed by atoms with E-state index in [-0.39, 0.29) is 5.82 Å². The van der Waals surface area contributed by atoms with Gasteiger partial charge in [0.15, 0.2) is 16.7 Å². The van der Waals surface area contributed by atoms with Gasteiger partial charge in [0.05, 0.1) is 12.3 Å². The Morgan fingerprint density at radius 3 is 2.97 bits per heavy atom. The minimum absolute atomic E-state index is 0.292. The number of aromatic nitrogens is 2. The third-order valence-electron chi connectivity index (χ3n) is 4.50. The maximum Gasteiger partial charge on any atom is 0.187 e. The van der Waals surface area contributed by atoms with Gasteiger partial charge >= 0.3 is 0 Å². The number of anilines is 2. The molecule has 4 rings (SSSR count). The molecule has 1 N–H and O–H groups in total. The number of nitrogens with one attached hydrogen (secondary N) is 1. The van der Waals surface area contributed by atoms with Crippen molar-refractivity contribution in [1.82, 2.24) is 9.97 Å². The first-order chi connectivity index (χ1) is 14.3. The number of benzene rings is 1. The molecule has 0 saturated carbocycles. The standard InChI is InChI=1S/C22H22FN3OS2/c23-19-13-17(25-22-26-20(15-29-22)16-5-3-10-24-14-16)8-9-21(19)27-11-2-1-6-18-7-4-12-28-18/h3,5,7-10,13-15H,1-2,4,6,11-12H2,(H,25,26). The largest absolute Gasteiger partial charge is 0.491 e. The Labute approximate surface area is 178 Å². The molecule has 0 saturated heterocycles. The average Bonchev–Trinajstić information content (AvgIpc) is 3.42. The molecule has 1 aliphatic heterocycles. The number of thioether (sulfide) groups is 1. The lowest BCUT2D eigenvalue weighted by atomic mass is 10.2. The molecule has 1 aromatic carbocycles. The van der Waals surface area contributed by atoms with Crippen molar-refractivity contribution in [3.63, 3.8) is 0 Å². The topological polar surface area (TPSA) is 47.0 Å². The van der Waals surface area contributed by atoms with Gasteiger partial charge in [0, 0.05) is 40.8 Å². The highest BCUT2D eigenvalue weighted by molar-refractivity contribution is 8.03. The quantitative estimate of drug-likeness (QED) is 0.387. The minimum atomic E-state index is -0.368. The molecule has 7 heteroatoms. The highest BCUT2D eigenvalue weighted by atomic mass is 32.2. The SMILES string of the molecule is Fc1cc(Nc2nc(-c3cccnc3)cs2)ccc1OCCCCC1=CCCS1. The lowest BCUT2D eigenvalue weighted by molar-refractivity contribution is 0.292. The first-order valence-electron chi connectivity index (χ1n) is 9.65. The summed E-state index contributed by atoms with van der Waals surface area (Å²) in [6.45, 7) is 0.530. The van der Waals surface area contributed by atoms with E-state index < -0.39 is 0 Å². The third-order valence-corrected chi connectivity index (χ3v) is 6.44. The Balaban J connectivity index is 1.27. The van der Waals surface area contributed by atoms with Gasteiger partial charge in [0.25, 0.3) is 0 Å². The molecule has 0 unspecified atom stereocenters. The van der Waals surface area contributed by atoms with Crippen LogP contribution in [-0.2, 0) is 0 Å². The van der Waals surface area contributed by atoms with Gasteiger partial charge in [-0.15, -0.1) is 23.1 Å². The van der Waals surface area contributed by atoms with Crippen LogP contribution in [0.3, 0.4) is 0 Å². The molecular formula is C22H22FN3OS2. The second-order valence-electron chi connectivity index (χ2n) is 6.66. The van der Waals surface area contributed by atoms with E-state index in [0.717, 1.165) is 30.5 Å². The van der Waals surface area contributed by atoms with Crippen LogP contribution in [0.1, 0.15) is 25.7 Å². The van der Waals surface area contributed by atoms with Crippen LogP contribution < -0.4 is 10.1 Å². The number of rotatable bonds is 9. The molecule has 3 heterocycles. The fourth-order valence-electron chi connectivity index (χ4n) is 3.02. The fourth-order valence-corrected chi connectivity index (χ4v) is 4.79.